The molecule has 3 heterocycles. The molecule has 0 fully saturated rings. The van der Waals surface area contributed by atoms with Gasteiger partial charge in [-0.3, -0.25) is 14.6 Å². The number of nitrogens with zero attached hydrogens (tertiary/aromatic N) is 2. The molecule has 3 rings (SSSR count). The van der Waals surface area contributed by atoms with Crippen molar-refractivity contribution in [2.45, 2.75) is 13.3 Å². The van der Waals surface area contributed by atoms with Gasteiger partial charge in [0.15, 0.2) is 5.13 Å². The fraction of sp³-hybridized carbons (Fsp3) is 0.176. The van der Waals surface area contributed by atoms with Crippen LogP contribution in [0.25, 0.3) is 10.6 Å². The zero-order valence-electron chi connectivity index (χ0n) is 13.5. The number of nitrogens with one attached hydrogen (secondary N) is 2. The summed E-state index contributed by atoms with van der Waals surface area (Å²) in [5.41, 5.74) is 1.66. The van der Waals surface area contributed by atoms with Crippen molar-refractivity contribution < 1.29 is 9.59 Å². The molecule has 0 aromatic carbocycles. The van der Waals surface area contributed by atoms with Crippen molar-refractivity contribution in [3.63, 3.8) is 0 Å². The van der Waals surface area contributed by atoms with E-state index < -0.39 is 0 Å². The number of anilines is 1. The Labute approximate surface area is 153 Å². The standard InChI is InChI=1S/C17H16N4O2S2/c1-11-15(12-5-2-3-8-18-12)25-17(20-11)21-14(22)7-9-19-16(23)13-6-4-10-24-13/h2-6,8,10H,7,9H2,1H3,(H,19,23)(H,20,21,22). The first-order valence-corrected chi connectivity index (χ1v) is 9.33. The van der Waals surface area contributed by atoms with Crippen LogP contribution in [0.1, 0.15) is 21.8 Å². The summed E-state index contributed by atoms with van der Waals surface area (Å²) >= 11 is 2.76. The van der Waals surface area contributed by atoms with Crippen LogP contribution < -0.4 is 10.6 Å². The first-order chi connectivity index (χ1) is 12.1. The molecule has 0 atom stereocenters. The molecule has 0 aliphatic rings. The van der Waals surface area contributed by atoms with E-state index in [9.17, 15) is 9.59 Å². The second-order valence-electron chi connectivity index (χ2n) is 5.18. The molecule has 3 aromatic heterocycles. The van der Waals surface area contributed by atoms with Crippen molar-refractivity contribution in [3.8, 4) is 10.6 Å². The normalized spacial score (nSPS) is 10.4. The van der Waals surface area contributed by atoms with Gasteiger partial charge in [0, 0.05) is 19.2 Å². The predicted molar refractivity (Wildman–Crippen MR) is 100.0 cm³/mol. The van der Waals surface area contributed by atoms with E-state index in [1.54, 1.807) is 12.3 Å². The summed E-state index contributed by atoms with van der Waals surface area (Å²) in [7, 11) is 0. The molecule has 2 amide bonds. The Morgan fingerprint density at radius 3 is 2.80 bits per heavy atom. The number of aryl methyl sites for hydroxylation is 1. The van der Waals surface area contributed by atoms with Crippen molar-refractivity contribution >= 4 is 39.6 Å². The van der Waals surface area contributed by atoms with Crippen LogP contribution in [0.5, 0.6) is 0 Å². The molecule has 25 heavy (non-hydrogen) atoms. The minimum absolute atomic E-state index is 0.162. The maximum Gasteiger partial charge on any atom is 0.261 e. The predicted octanol–water partition coefficient (Wildman–Crippen LogP) is 3.33. The van der Waals surface area contributed by atoms with Crippen molar-refractivity contribution in [2.75, 3.05) is 11.9 Å². The third-order valence-electron chi connectivity index (χ3n) is 3.32. The van der Waals surface area contributed by atoms with Crippen LogP contribution in [-0.2, 0) is 4.79 Å². The molecule has 3 aromatic rings. The first kappa shape index (κ1) is 17.2. The molecule has 0 saturated carbocycles. The highest BCUT2D eigenvalue weighted by Gasteiger charge is 2.13. The number of amides is 2. The van der Waals surface area contributed by atoms with Crippen molar-refractivity contribution in [1.29, 1.82) is 0 Å². The van der Waals surface area contributed by atoms with E-state index >= 15 is 0 Å². The number of rotatable bonds is 6. The third kappa shape index (κ3) is 4.49. The van der Waals surface area contributed by atoms with Crippen LogP contribution >= 0.6 is 22.7 Å². The van der Waals surface area contributed by atoms with Crippen LogP contribution in [0.4, 0.5) is 5.13 Å². The van der Waals surface area contributed by atoms with Crippen molar-refractivity contribution in [3.05, 3.63) is 52.5 Å². The van der Waals surface area contributed by atoms with Crippen LogP contribution in [0.15, 0.2) is 41.9 Å². The molecule has 2 N–H and O–H groups in total. The number of pyridine rings is 1. The maximum atomic E-state index is 12.0. The summed E-state index contributed by atoms with van der Waals surface area (Å²) in [6.07, 6.45) is 1.91. The van der Waals surface area contributed by atoms with E-state index in [1.165, 1.54) is 22.7 Å². The van der Waals surface area contributed by atoms with Crippen molar-refractivity contribution in [1.82, 2.24) is 15.3 Å². The monoisotopic (exact) mass is 372 g/mol. The Morgan fingerprint density at radius 2 is 2.08 bits per heavy atom. The van der Waals surface area contributed by atoms with E-state index in [2.05, 4.69) is 20.6 Å². The lowest BCUT2D eigenvalue weighted by Crippen LogP contribution is -2.27. The highest BCUT2D eigenvalue weighted by Crippen LogP contribution is 2.31. The molecule has 6 nitrogen and oxygen atoms in total. The molecule has 0 radical (unpaired) electrons. The van der Waals surface area contributed by atoms with Gasteiger partial charge < -0.3 is 10.6 Å². The molecule has 0 saturated heterocycles. The molecular weight excluding hydrogens is 356 g/mol. The van der Waals surface area contributed by atoms with Gasteiger partial charge in [0.05, 0.1) is 21.1 Å². The van der Waals surface area contributed by atoms with E-state index in [4.69, 9.17) is 0 Å². The highest BCUT2D eigenvalue weighted by molar-refractivity contribution is 7.19. The van der Waals surface area contributed by atoms with Gasteiger partial charge >= 0.3 is 0 Å². The molecule has 0 spiro atoms. The fourth-order valence-electron chi connectivity index (χ4n) is 2.15. The lowest BCUT2D eigenvalue weighted by Gasteiger charge is -2.03. The Morgan fingerprint density at radius 1 is 1.20 bits per heavy atom. The second-order valence-corrected chi connectivity index (χ2v) is 7.13. The summed E-state index contributed by atoms with van der Waals surface area (Å²) in [4.78, 5) is 34.1. The van der Waals surface area contributed by atoms with Crippen LogP contribution in [0.2, 0.25) is 0 Å². The minimum Gasteiger partial charge on any atom is -0.351 e. The van der Waals surface area contributed by atoms with Gasteiger partial charge in [0.1, 0.15) is 0 Å². The van der Waals surface area contributed by atoms with Crippen LogP contribution in [0, 0.1) is 6.92 Å². The number of aromatic nitrogens is 2. The quantitative estimate of drug-likeness (QED) is 0.695. The number of carbonyl (C=O) groups is 2. The average Bonchev–Trinajstić information content (AvgIpc) is 3.25. The van der Waals surface area contributed by atoms with Crippen LogP contribution in [-0.4, -0.2) is 28.3 Å². The smallest absolute Gasteiger partial charge is 0.261 e. The molecule has 0 aliphatic heterocycles. The van der Waals surface area contributed by atoms with E-state index in [1.807, 2.05) is 36.6 Å². The Balaban J connectivity index is 1.52. The molecule has 0 bridgehead atoms. The molecule has 0 aliphatic carbocycles. The van der Waals surface area contributed by atoms with Gasteiger partial charge in [-0.25, -0.2) is 4.98 Å². The maximum absolute atomic E-state index is 12.0. The van der Waals surface area contributed by atoms with Gasteiger partial charge in [0.25, 0.3) is 5.91 Å². The SMILES string of the molecule is Cc1nc(NC(=O)CCNC(=O)c2cccs2)sc1-c1ccccn1. The number of hydrogen-bond donors (Lipinski definition) is 2. The first-order valence-electron chi connectivity index (χ1n) is 7.64. The lowest BCUT2D eigenvalue weighted by atomic mass is 10.3. The number of hydrogen-bond acceptors (Lipinski definition) is 6. The summed E-state index contributed by atoms with van der Waals surface area (Å²) < 4.78 is 0. The third-order valence-corrected chi connectivity index (χ3v) is 5.29. The summed E-state index contributed by atoms with van der Waals surface area (Å²) in [6, 6.07) is 9.24. The summed E-state index contributed by atoms with van der Waals surface area (Å²) in [5.74, 6) is -0.349. The minimum atomic E-state index is -0.187. The molecular formula is C17H16N4O2S2. The van der Waals surface area contributed by atoms with Gasteiger partial charge in [-0.2, -0.15) is 0 Å². The Hall–Kier alpha value is -2.58. The average molecular weight is 372 g/mol. The largest absolute Gasteiger partial charge is 0.351 e. The highest BCUT2D eigenvalue weighted by atomic mass is 32.1. The number of thiazole rings is 1. The lowest BCUT2D eigenvalue weighted by molar-refractivity contribution is -0.116. The summed E-state index contributed by atoms with van der Waals surface area (Å²) in [5, 5.41) is 7.88. The van der Waals surface area contributed by atoms with Gasteiger partial charge in [-0.15, -0.1) is 11.3 Å². The summed E-state index contributed by atoms with van der Waals surface area (Å²) in [6.45, 7) is 2.16. The fourth-order valence-corrected chi connectivity index (χ4v) is 3.75. The second kappa shape index (κ2) is 8.00. The Bertz CT molecular complexity index is 860. The van der Waals surface area contributed by atoms with Crippen molar-refractivity contribution in [2.24, 2.45) is 0 Å². The van der Waals surface area contributed by atoms with E-state index in [0.29, 0.717) is 10.0 Å². The van der Waals surface area contributed by atoms with Gasteiger partial charge in [-0.05, 0) is 30.5 Å². The topological polar surface area (TPSA) is 84.0 Å². The zero-order chi connectivity index (χ0) is 17.6. The van der Waals surface area contributed by atoms with Crippen LogP contribution in [0.3, 0.4) is 0 Å². The number of carbonyl (C=O) groups excluding carboxylic acids is 2. The molecule has 128 valence electrons. The zero-order valence-corrected chi connectivity index (χ0v) is 15.1. The van der Waals surface area contributed by atoms with E-state index in [-0.39, 0.29) is 24.8 Å². The van der Waals surface area contributed by atoms with E-state index in [0.717, 1.165) is 16.3 Å². The molecule has 8 heteroatoms. The van der Waals surface area contributed by atoms with Gasteiger partial charge in [0.2, 0.25) is 5.91 Å². The molecule has 0 unspecified atom stereocenters. The number of thiophene rings is 1. The Kier molecular flexibility index (Phi) is 5.52. The van der Waals surface area contributed by atoms with Gasteiger partial charge in [-0.1, -0.05) is 23.5 Å².